The molecule has 0 aromatic heterocycles. The van der Waals surface area contributed by atoms with Crippen molar-refractivity contribution in [1.29, 1.82) is 0 Å². The van der Waals surface area contributed by atoms with Crippen LogP contribution in [-0.4, -0.2) is 23.3 Å². The Hall–Kier alpha value is -2.39. The van der Waals surface area contributed by atoms with Crippen LogP contribution in [0.15, 0.2) is 66.7 Å². The molecular weight excluding hydrogens is 276 g/mol. The Balaban J connectivity index is 2.15. The second-order valence-electron chi connectivity index (χ2n) is 5.19. The Kier molecular flexibility index (Phi) is 5.50. The Morgan fingerprint density at radius 1 is 1.00 bits per heavy atom. The monoisotopic (exact) mass is 296 g/mol. The van der Waals surface area contributed by atoms with E-state index in [-0.39, 0.29) is 0 Å². The predicted molar refractivity (Wildman–Crippen MR) is 87.4 cm³/mol. The maximum Gasteiger partial charge on any atom is 0.338 e. The number of esters is 1. The summed E-state index contributed by atoms with van der Waals surface area (Å²) in [6.07, 6.45) is 0.306. The van der Waals surface area contributed by atoms with Crippen LogP contribution in [0, 0.1) is 0 Å². The predicted octanol–water partition coefficient (Wildman–Crippen LogP) is 3.70. The summed E-state index contributed by atoms with van der Waals surface area (Å²) >= 11 is 0. The highest BCUT2D eigenvalue weighted by atomic mass is 16.6. The minimum absolute atomic E-state index is 0.441. The van der Waals surface area contributed by atoms with Crippen molar-refractivity contribution >= 4 is 11.5 Å². The lowest BCUT2D eigenvalue weighted by Gasteiger charge is -2.18. The fraction of sp³-hybridized carbons (Fsp3) is 0.211. The molecule has 3 nitrogen and oxygen atoms in total. The van der Waals surface area contributed by atoms with Crippen molar-refractivity contribution in [3.05, 3.63) is 77.9 Å². The van der Waals surface area contributed by atoms with Crippen LogP contribution in [-0.2, 0) is 4.74 Å². The van der Waals surface area contributed by atoms with Gasteiger partial charge in [-0.3, -0.25) is 0 Å². The molecule has 22 heavy (non-hydrogen) atoms. The number of carbonyl (C=O) groups is 1. The highest BCUT2D eigenvalue weighted by molar-refractivity contribution is 5.89. The third kappa shape index (κ3) is 4.30. The van der Waals surface area contributed by atoms with Crippen LogP contribution in [0.1, 0.15) is 29.8 Å². The van der Waals surface area contributed by atoms with E-state index in [1.807, 2.05) is 43.3 Å². The molecular formula is C19H20O3. The zero-order chi connectivity index (χ0) is 15.9. The molecule has 1 N–H and O–H groups in total. The van der Waals surface area contributed by atoms with Gasteiger partial charge in [0.2, 0.25) is 0 Å². The number of hydrogen-bond acceptors (Lipinski definition) is 3. The van der Waals surface area contributed by atoms with Gasteiger partial charge in [-0.1, -0.05) is 48.5 Å². The molecule has 3 heteroatoms. The number of benzene rings is 2. The summed E-state index contributed by atoms with van der Waals surface area (Å²) < 4.78 is 5.42. The summed E-state index contributed by atoms with van der Waals surface area (Å²) in [6, 6.07) is 18.6. The second kappa shape index (κ2) is 7.57. The first kappa shape index (κ1) is 16.0. The van der Waals surface area contributed by atoms with Crippen molar-refractivity contribution < 1.29 is 14.6 Å². The SMILES string of the molecule is C/C(=C\[C@@H](OC(=O)c1ccccc1)[C@@H](C)O)c1ccccc1. The molecule has 0 bridgehead atoms. The van der Waals surface area contributed by atoms with E-state index < -0.39 is 18.2 Å². The number of aliphatic hydroxyl groups is 1. The molecule has 0 saturated heterocycles. The van der Waals surface area contributed by atoms with Crippen LogP contribution < -0.4 is 0 Å². The van der Waals surface area contributed by atoms with Crippen LogP contribution in [0.2, 0.25) is 0 Å². The first-order valence-corrected chi connectivity index (χ1v) is 7.26. The van der Waals surface area contributed by atoms with Gasteiger partial charge in [0.15, 0.2) is 0 Å². The molecule has 0 amide bonds. The molecule has 0 radical (unpaired) electrons. The quantitative estimate of drug-likeness (QED) is 0.856. The van der Waals surface area contributed by atoms with E-state index in [9.17, 15) is 9.90 Å². The Morgan fingerprint density at radius 2 is 1.50 bits per heavy atom. The van der Waals surface area contributed by atoms with Gasteiger partial charge in [0.25, 0.3) is 0 Å². The van der Waals surface area contributed by atoms with Gasteiger partial charge in [-0.2, -0.15) is 0 Å². The number of ether oxygens (including phenoxy) is 1. The van der Waals surface area contributed by atoms with Crippen molar-refractivity contribution in [1.82, 2.24) is 0 Å². The van der Waals surface area contributed by atoms with Gasteiger partial charge in [-0.05, 0) is 43.2 Å². The number of aliphatic hydroxyl groups excluding tert-OH is 1. The first-order valence-electron chi connectivity index (χ1n) is 7.26. The maximum atomic E-state index is 12.1. The maximum absolute atomic E-state index is 12.1. The highest BCUT2D eigenvalue weighted by Crippen LogP contribution is 2.17. The molecule has 2 aromatic carbocycles. The van der Waals surface area contributed by atoms with Crippen LogP contribution in [0.5, 0.6) is 0 Å². The minimum atomic E-state index is -0.786. The van der Waals surface area contributed by atoms with E-state index in [4.69, 9.17) is 4.74 Å². The topological polar surface area (TPSA) is 46.5 Å². The minimum Gasteiger partial charge on any atom is -0.452 e. The van der Waals surface area contributed by atoms with Crippen molar-refractivity contribution in [3.8, 4) is 0 Å². The molecule has 0 saturated carbocycles. The van der Waals surface area contributed by atoms with Crippen molar-refractivity contribution in [2.75, 3.05) is 0 Å². The van der Waals surface area contributed by atoms with E-state index in [0.717, 1.165) is 11.1 Å². The van der Waals surface area contributed by atoms with Crippen LogP contribution in [0.25, 0.3) is 5.57 Å². The number of allylic oxidation sites excluding steroid dienone is 1. The number of carbonyl (C=O) groups excluding carboxylic acids is 1. The van der Waals surface area contributed by atoms with Gasteiger partial charge in [-0.25, -0.2) is 4.79 Å². The summed E-state index contributed by atoms with van der Waals surface area (Å²) in [5.41, 5.74) is 2.45. The lowest BCUT2D eigenvalue weighted by atomic mass is 10.0. The lowest BCUT2D eigenvalue weighted by molar-refractivity contribution is 0.00585. The standard InChI is InChI=1S/C19H20O3/c1-14(16-9-5-3-6-10-16)13-18(15(2)20)22-19(21)17-11-7-4-8-12-17/h3-13,15,18,20H,1-2H3/b14-13+/t15-,18-/m1/s1. The highest BCUT2D eigenvalue weighted by Gasteiger charge is 2.19. The third-order valence-electron chi connectivity index (χ3n) is 3.37. The average Bonchev–Trinajstić information content (AvgIpc) is 2.55. The second-order valence-corrected chi connectivity index (χ2v) is 5.19. The molecule has 114 valence electrons. The molecule has 2 aromatic rings. The summed E-state index contributed by atoms with van der Waals surface area (Å²) in [4.78, 5) is 12.1. The zero-order valence-electron chi connectivity index (χ0n) is 12.8. The van der Waals surface area contributed by atoms with Crippen LogP contribution in [0.4, 0.5) is 0 Å². The summed E-state index contributed by atoms with van der Waals surface area (Å²) in [6.45, 7) is 3.54. The van der Waals surface area contributed by atoms with Gasteiger partial charge in [0.1, 0.15) is 6.10 Å². The van der Waals surface area contributed by atoms with Gasteiger partial charge in [0, 0.05) is 0 Å². The molecule has 0 heterocycles. The third-order valence-corrected chi connectivity index (χ3v) is 3.37. The largest absolute Gasteiger partial charge is 0.452 e. The Morgan fingerprint density at radius 3 is 2.00 bits per heavy atom. The molecule has 0 aliphatic carbocycles. The van der Waals surface area contributed by atoms with Gasteiger partial charge < -0.3 is 9.84 Å². The fourth-order valence-electron chi connectivity index (χ4n) is 2.08. The first-order chi connectivity index (χ1) is 10.6. The molecule has 2 rings (SSSR count). The van der Waals surface area contributed by atoms with E-state index in [1.54, 1.807) is 37.3 Å². The molecule has 0 aliphatic rings. The van der Waals surface area contributed by atoms with Crippen LogP contribution in [0.3, 0.4) is 0 Å². The Bertz CT molecular complexity index is 630. The summed E-state index contributed by atoms with van der Waals surface area (Å²) in [7, 11) is 0. The van der Waals surface area contributed by atoms with E-state index in [2.05, 4.69) is 0 Å². The number of hydrogen-bond donors (Lipinski definition) is 1. The smallest absolute Gasteiger partial charge is 0.338 e. The van der Waals surface area contributed by atoms with Crippen LogP contribution >= 0.6 is 0 Å². The van der Waals surface area contributed by atoms with Crippen molar-refractivity contribution in [3.63, 3.8) is 0 Å². The average molecular weight is 296 g/mol. The summed E-state index contributed by atoms with van der Waals surface area (Å²) in [5.74, 6) is -0.441. The normalized spacial score (nSPS) is 14.2. The van der Waals surface area contributed by atoms with E-state index >= 15 is 0 Å². The van der Waals surface area contributed by atoms with E-state index in [1.165, 1.54) is 0 Å². The van der Waals surface area contributed by atoms with Gasteiger partial charge >= 0.3 is 5.97 Å². The Labute approximate surface area is 130 Å². The molecule has 2 atom stereocenters. The van der Waals surface area contributed by atoms with Crippen molar-refractivity contribution in [2.45, 2.75) is 26.1 Å². The molecule has 0 aliphatic heterocycles. The molecule has 0 spiro atoms. The van der Waals surface area contributed by atoms with Gasteiger partial charge in [-0.15, -0.1) is 0 Å². The zero-order valence-corrected chi connectivity index (χ0v) is 12.8. The lowest BCUT2D eigenvalue weighted by Crippen LogP contribution is -2.27. The fourth-order valence-corrected chi connectivity index (χ4v) is 2.08. The van der Waals surface area contributed by atoms with E-state index in [0.29, 0.717) is 5.56 Å². The van der Waals surface area contributed by atoms with Gasteiger partial charge in [0.05, 0.1) is 11.7 Å². The molecule has 0 fully saturated rings. The summed E-state index contributed by atoms with van der Waals surface area (Å²) in [5, 5.41) is 9.88. The van der Waals surface area contributed by atoms with Crippen molar-refractivity contribution in [2.24, 2.45) is 0 Å². The molecule has 0 unspecified atom stereocenters. The number of rotatable bonds is 5.